The number of hydrogen-bond donors (Lipinski definition) is 2. The van der Waals surface area contributed by atoms with Gasteiger partial charge in [-0.25, -0.2) is 0 Å². The van der Waals surface area contributed by atoms with Crippen LogP contribution in [0.25, 0.3) is 0 Å². The van der Waals surface area contributed by atoms with Crippen LogP contribution in [-0.2, 0) is 13.1 Å². The number of rotatable bonds is 4. The Morgan fingerprint density at radius 1 is 1.13 bits per heavy atom. The van der Waals surface area contributed by atoms with Gasteiger partial charge in [-0.05, 0) is 16.5 Å². The molecule has 1 aromatic rings. The van der Waals surface area contributed by atoms with Crippen molar-refractivity contribution in [3.8, 4) is 0 Å². The number of hydrogen-bond acceptors (Lipinski definition) is 2. The average Bonchev–Trinajstić information content (AvgIpc) is 2.16. The van der Waals surface area contributed by atoms with Crippen LogP contribution in [0.5, 0.6) is 0 Å². The van der Waals surface area contributed by atoms with Crippen LogP contribution < -0.4 is 11.1 Å². The predicted octanol–water partition coefficient (Wildman–Crippen LogP) is 2.28. The standard InChI is InChI=1S/C13H22N2/c1-13(2,3)10-15-9-12-7-5-4-6-11(12)8-14/h4-7,15H,8-10,14H2,1-3H3. The summed E-state index contributed by atoms with van der Waals surface area (Å²) in [5.41, 5.74) is 8.56. The first-order chi connectivity index (χ1) is 7.03. The molecule has 0 aliphatic rings. The maximum atomic E-state index is 5.68. The molecule has 0 fully saturated rings. The van der Waals surface area contributed by atoms with Gasteiger partial charge < -0.3 is 11.1 Å². The summed E-state index contributed by atoms with van der Waals surface area (Å²) >= 11 is 0. The van der Waals surface area contributed by atoms with Crippen molar-refractivity contribution in [3.63, 3.8) is 0 Å². The first-order valence-corrected chi connectivity index (χ1v) is 5.50. The first-order valence-electron chi connectivity index (χ1n) is 5.50. The highest BCUT2D eigenvalue weighted by molar-refractivity contribution is 5.26. The average molecular weight is 206 g/mol. The van der Waals surface area contributed by atoms with E-state index in [2.05, 4.69) is 44.3 Å². The highest BCUT2D eigenvalue weighted by Gasteiger charge is 2.09. The second-order valence-corrected chi connectivity index (χ2v) is 5.14. The van der Waals surface area contributed by atoms with Gasteiger partial charge >= 0.3 is 0 Å². The van der Waals surface area contributed by atoms with Crippen LogP contribution in [0.2, 0.25) is 0 Å². The summed E-state index contributed by atoms with van der Waals surface area (Å²) in [5, 5.41) is 3.46. The van der Waals surface area contributed by atoms with Gasteiger partial charge in [0.1, 0.15) is 0 Å². The molecule has 15 heavy (non-hydrogen) atoms. The van der Waals surface area contributed by atoms with Crippen molar-refractivity contribution in [1.29, 1.82) is 0 Å². The summed E-state index contributed by atoms with van der Waals surface area (Å²) in [4.78, 5) is 0. The van der Waals surface area contributed by atoms with Gasteiger partial charge in [-0.15, -0.1) is 0 Å². The van der Waals surface area contributed by atoms with Crippen LogP contribution in [0.1, 0.15) is 31.9 Å². The zero-order valence-corrected chi connectivity index (χ0v) is 10.0. The smallest absolute Gasteiger partial charge is 0.0208 e. The van der Waals surface area contributed by atoms with Crippen LogP contribution >= 0.6 is 0 Å². The minimum atomic E-state index is 0.331. The Hall–Kier alpha value is -0.860. The molecular formula is C13H22N2. The van der Waals surface area contributed by atoms with E-state index in [9.17, 15) is 0 Å². The minimum Gasteiger partial charge on any atom is -0.326 e. The Morgan fingerprint density at radius 2 is 1.73 bits per heavy atom. The lowest BCUT2D eigenvalue weighted by Crippen LogP contribution is -2.26. The van der Waals surface area contributed by atoms with Crippen molar-refractivity contribution in [2.24, 2.45) is 11.1 Å². The molecular weight excluding hydrogens is 184 g/mol. The normalized spacial score (nSPS) is 11.7. The lowest BCUT2D eigenvalue weighted by atomic mass is 9.97. The molecule has 0 unspecified atom stereocenters. The van der Waals surface area contributed by atoms with E-state index in [0.29, 0.717) is 12.0 Å². The zero-order chi connectivity index (χ0) is 11.3. The SMILES string of the molecule is CC(C)(C)CNCc1ccccc1CN. The zero-order valence-electron chi connectivity index (χ0n) is 10.0. The molecule has 0 aliphatic carbocycles. The monoisotopic (exact) mass is 206 g/mol. The second kappa shape index (κ2) is 5.29. The van der Waals surface area contributed by atoms with Crippen molar-refractivity contribution < 1.29 is 0 Å². The third kappa shape index (κ3) is 4.45. The van der Waals surface area contributed by atoms with Crippen LogP contribution in [0.3, 0.4) is 0 Å². The third-order valence-electron chi connectivity index (χ3n) is 2.31. The fraction of sp³-hybridized carbons (Fsp3) is 0.538. The highest BCUT2D eigenvalue weighted by Crippen LogP contribution is 2.12. The molecule has 2 nitrogen and oxygen atoms in total. The largest absolute Gasteiger partial charge is 0.326 e. The van der Waals surface area contributed by atoms with E-state index in [1.165, 1.54) is 11.1 Å². The van der Waals surface area contributed by atoms with Gasteiger partial charge in [-0.3, -0.25) is 0 Å². The summed E-state index contributed by atoms with van der Waals surface area (Å²) in [6, 6.07) is 8.33. The molecule has 0 heterocycles. The molecule has 0 radical (unpaired) electrons. The molecule has 0 saturated carbocycles. The second-order valence-electron chi connectivity index (χ2n) is 5.14. The summed E-state index contributed by atoms with van der Waals surface area (Å²) in [6.45, 7) is 9.24. The lowest BCUT2D eigenvalue weighted by molar-refractivity contribution is 0.379. The topological polar surface area (TPSA) is 38.0 Å². The Bertz CT molecular complexity index is 300. The number of nitrogens with two attached hydrogens (primary N) is 1. The van der Waals surface area contributed by atoms with Gasteiger partial charge in [0.25, 0.3) is 0 Å². The summed E-state index contributed by atoms with van der Waals surface area (Å²) in [6.07, 6.45) is 0. The molecule has 0 amide bonds. The molecule has 1 aromatic carbocycles. The van der Waals surface area contributed by atoms with Gasteiger partial charge in [-0.1, -0.05) is 45.0 Å². The Morgan fingerprint density at radius 3 is 2.27 bits per heavy atom. The quantitative estimate of drug-likeness (QED) is 0.793. The number of nitrogens with one attached hydrogen (secondary N) is 1. The van der Waals surface area contributed by atoms with Crippen LogP contribution in [0.4, 0.5) is 0 Å². The van der Waals surface area contributed by atoms with Crippen molar-refractivity contribution in [2.45, 2.75) is 33.9 Å². The van der Waals surface area contributed by atoms with Crippen molar-refractivity contribution in [3.05, 3.63) is 35.4 Å². The molecule has 84 valence electrons. The maximum Gasteiger partial charge on any atom is 0.0208 e. The van der Waals surface area contributed by atoms with Crippen LogP contribution in [-0.4, -0.2) is 6.54 Å². The van der Waals surface area contributed by atoms with E-state index in [0.717, 1.165) is 13.1 Å². The predicted molar refractivity (Wildman–Crippen MR) is 65.5 cm³/mol. The lowest BCUT2D eigenvalue weighted by Gasteiger charge is -2.19. The molecule has 0 atom stereocenters. The molecule has 0 saturated heterocycles. The fourth-order valence-electron chi connectivity index (χ4n) is 1.50. The third-order valence-corrected chi connectivity index (χ3v) is 2.31. The van der Waals surface area contributed by atoms with Crippen LogP contribution in [0, 0.1) is 5.41 Å². The van der Waals surface area contributed by atoms with Gasteiger partial charge in [-0.2, -0.15) is 0 Å². The highest BCUT2D eigenvalue weighted by atomic mass is 14.9. The molecule has 1 rings (SSSR count). The maximum absolute atomic E-state index is 5.68. The summed E-state index contributed by atoms with van der Waals surface area (Å²) < 4.78 is 0. The van der Waals surface area contributed by atoms with E-state index in [4.69, 9.17) is 5.73 Å². The van der Waals surface area contributed by atoms with Gasteiger partial charge in [0, 0.05) is 19.6 Å². The molecule has 0 bridgehead atoms. The fourth-order valence-corrected chi connectivity index (χ4v) is 1.50. The van der Waals surface area contributed by atoms with E-state index >= 15 is 0 Å². The van der Waals surface area contributed by atoms with Gasteiger partial charge in [0.2, 0.25) is 0 Å². The van der Waals surface area contributed by atoms with Crippen LogP contribution in [0.15, 0.2) is 24.3 Å². The Kier molecular flexibility index (Phi) is 4.30. The van der Waals surface area contributed by atoms with Crippen molar-refractivity contribution in [1.82, 2.24) is 5.32 Å². The molecule has 0 aliphatic heterocycles. The summed E-state index contributed by atoms with van der Waals surface area (Å²) in [5.74, 6) is 0. The minimum absolute atomic E-state index is 0.331. The van der Waals surface area contributed by atoms with Gasteiger partial charge in [0.05, 0.1) is 0 Å². The van der Waals surface area contributed by atoms with Crippen molar-refractivity contribution in [2.75, 3.05) is 6.54 Å². The first kappa shape index (κ1) is 12.2. The number of benzene rings is 1. The Labute approximate surface area is 92.9 Å². The molecule has 0 spiro atoms. The Balaban J connectivity index is 2.50. The van der Waals surface area contributed by atoms with E-state index in [-0.39, 0.29) is 0 Å². The molecule has 2 heteroatoms. The van der Waals surface area contributed by atoms with E-state index in [1.54, 1.807) is 0 Å². The van der Waals surface area contributed by atoms with Gasteiger partial charge in [0.15, 0.2) is 0 Å². The molecule has 3 N–H and O–H groups in total. The van der Waals surface area contributed by atoms with E-state index < -0.39 is 0 Å². The molecule has 0 aromatic heterocycles. The summed E-state index contributed by atoms with van der Waals surface area (Å²) in [7, 11) is 0. The van der Waals surface area contributed by atoms with Crippen molar-refractivity contribution >= 4 is 0 Å². The van der Waals surface area contributed by atoms with E-state index in [1.807, 2.05) is 6.07 Å².